The molecule has 7 heteroatoms. The van der Waals surface area contributed by atoms with E-state index in [1.807, 2.05) is 0 Å². The van der Waals surface area contributed by atoms with Crippen molar-refractivity contribution in [2.45, 2.75) is 157 Å². The zero-order valence-corrected chi connectivity index (χ0v) is 36.3. The molecule has 0 atom stereocenters. The van der Waals surface area contributed by atoms with Crippen molar-refractivity contribution in [1.29, 1.82) is 0 Å². The van der Waals surface area contributed by atoms with Crippen molar-refractivity contribution in [3.8, 4) is 0 Å². The first kappa shape index (κ1) is 44.4. The Hall–Kier alpha value is 3.29. The van der Waals surface area contributed by atoms with Gasteiger partial charge in [0.2, 0.25) is 0 Å². The summed E-state index contributed by atoms with van der Waals surface area (Å²) in [6, 6.07) is 0. The van der Waals surface area contributed by atoms with Crippen LogP contribution in [0.5, 0.6) is 0 Å². The number of halogens is 4. The standard InChI is InChI=1S/C32H70P2.4BrH.Co/c1-7-13-25-33(26-14-8-2,27-15-9-3)31-23-21-19-20-22-24-32-34(28-16-10-4,29-17-11-5)30-18-12-6;;;;;/h7-32H2,1-6H3;4*1H;/q+2;;;;;+2/p-4. The average Bonchev–Trinajstić information content (AvgIpc) is 2.90. The van der Waals surface area contributed by atoms with Crippen molar-refractivity contribution >= 4 is 71.2 Å². The molecule has 0 saturated heterocycles. The third kappa shape index (κ3) is 29.7. The third-order valence-corrected chi connectivity index (χ3v) is 18.6. The first-order valence-electron chi connectivity index (χ1n) is 16.8. The van der Waals surface area contributed by atoms with Crippen LogP contribution in [0.3, 0.4) is 0 Å². The Morgan fingerprint density at radius 2 is 0.462 bits per heavy atom. The van der Waals surface area contributed by atoms with Crippen molar-refractivity contribution in [3.63, 3.8) is 0 Å². The summed E-state index contributed by atoms with van der Waals surface area (Å²) in [5.74, 6) is 0. The summed E-state index contributed by atoms with van der Waals surface area (Å²) in [6.45, 7) is 14.4. The van der Waals surface area contributed by atoms with Crippen LogP contribution in [-0.2, 0) is 5.46 Å². The molecule has 0 saturated carbocycles. The number of hydrogen-bond acceptors (Lipinski definition) is 0. The maximum absolute atomic E-state index is 3.23. The molecule has 0 radical (unpaired) electrons. The molecule has 0 aliphatic rings. The van der Waals surface area contributed by atoms with E-state index in [0.717, 1.165) is 0 Å². The Morgan fingerprint density at radius 1 is 0.308 bits per heavy atom. The van der Waals surface area contributed by atoms with E-state index in [2.05, 4.69) is 98.2 Å². The van der Waals surface area contributed by atoms with Crippen LogP contribution in [-0.4, -0.2) is 49.3 Å². The van der Waals surface area contributed by atoms with E-state index < -0.39 is 20.0 Å². The molecule has 0 fully saturated rings. The van der Waals surface area contributed by atoms with Gasteiger partial charge in [0, 0.05) is 14.5 Å². The Balaban J connectivity index is 0. The topological polar surface area (TPSA) is 0 Å². The Bertz CT molecular complexity index is 416. The fraction of sp³-hybridized carbons (Fsp3) is 1.00. The van der Waals surface area contributed by atoms with E-state index in [9.17, 15) is 0 Å². The van der Waals surface area contributed by atoms with Crippen molar-refractivity contribution in [2.75, 3.05) is 49.3 Å². The monoisotopic (exact) mass is 891 g/mol. The summed E-state index contributed by atoms with van der Waals surface area (Å²) in [6.07, 6.45) is 39.5. The summed E-state index contributed by atoms with van der Waals surface area (Å²) < 4.78 is 0. The summed E-state index contributed by atoms with van der Waals surface area (Å²) in [5, 5.41) is 0. The van der Waals surface area contributed by atoms with Crippen molar-refractivity contribution < 1.29 is 5.46 Å². The normalized spacial score (nSPS) is 12.9. The van der Waals surface area contributed by atoms with Crippen LogP contribution in [0.15, 0.2) is 0 Å². The van der Waals surface area contributed by atoms with Crippen LogP contribution in [0.4, 0.5) is 0 Å². The SMILES string of the molecule is CCCC[P+](CCCC)(CCCC)CCCCCCCC[P+](CCCC)(CCCC)CCCC.[Br][Co-2]([Br])([Br])[Br]. The molecular formula is C32H70Br4CoP2. The molecule has 0 nitrogen and oxygen atoms in total. The van der Waals surface area contributed by atoms with E-state index in [1.54, 1.807) is 62.1 Å². The predicted molar refractivity (Wildman–Crippen MR) is 206 cm³/mol. The second-order valence-electron chi connectivity index (χ2n) is 12.0. The van der Waals surface area contributed by atoms with Gasteiger partial charge in [0.25, 0.3) is 0 Å². The molecule has 0 spiro atoms. The molecule has 0 aromatic heterocycles. The van der Waals surface area contributed by atoms with Gasteiger partial charge >= 0.3 is 62.1 Å². The molecular weight excluding hydrogens is 825 g/mol. The molecule has 0 aliphatic carbocycles. The van der Waals surface area contributed by atoms with Crippen molar-refractivity contribution in [1.82, 2.24) is 0 Å². The summed E-state index contributed by atoms with van der Waals surface area (Å²) >= 11 is 12.9. The molecule has 0 aromatic rings. The summed E-state index contributed by atoms with van der Waals surface area (Å²) in [5.41, 5.74) is -1.12. The van der Waals surface area contributed by atoms with Gasteiger partial charge < -0.3 is 0 Å². The van der Waals surface area contributed by atoms with Crippen LogP contribution in [0.2, 0.25) is 0 Å². The maximum atomic E-state index is 3.23. The molecule has 0 N–H and O–H groups in total. The fourth-order valence-corrected chi connectivity index (χ4v) is 16.3. The van der Waals surface area contributed by atoms with Crippen LogP contribution < -0.4 is 0 Å². The second-order valence-corrected chi connectivity index (χ2v) is 52.5. The molecule has 0 amide bonds. The molecule has 0 unspecified atom stereocenters. The van der Waals surface area contributed by atoms with Gasteiger partial charge in [0.15, 0.2) is 0 Å². The van der Waals surface area contributed by atoms with E-state index in [-0.39, 0.29) is 0 Å². The molecule has 0 bridgehead atoms. The van der Waals surface area contributed by atoms with Crippen LogP contribution >= 0.6 is 71.2 Å². The van der Waals surface area contributed by atoms with Gasteiger partial charge in [-0.05, 0) is 64.2 Å². The van der Waals surface area contributed by atoms with E-state index in [0.29, 0.717) is 0 Å². The average molecular weight is 895 g/mol. The zero-order chi connectivity index (χ0) is 29.9. The van der Waals surface area contributed by atoms with E-state index >= 15 is 0 Å². The molecule has 0 aromatic carbocycles. The number of unbranched alkanes of at least 4 members (excludes halogenated alkanes) is 11. The first-order valence-corrected chi connectivity index (χ1v) is 32.1. The van der Waals surface area contributed by atoms with Gasteiger partial charge in [0.05, 0.1) is 49.3 Å². The Labute approximate surface area is 280 Å². The van der Waals surface area contributed by atoms with Gasteiger partial charge in [-0.3, -0.25) is 0 Å². The van der Waals surface area contributed by atoms with E-state index in [1.165, 1.54) is 103 Å². The van der Waals surface area contributed by atoms with Gasteiger partial charge in [-0.15, -0.1) is 0 Å². The number of rotatable bonds is 27. The summed E-state index contributed by atoms with van der Waals surface area (Å²) in [4.78, 5) is 0. The third-order valence-electron chi connectivity index (χ3n) is 8.43. The molecule has 245 valence electrons. The zero-order valence-electron chi connectivity index (χ0n) is 27.1. The van der Waals surface area contributed by atoms with Gasteiger partial charge in [0.1, 0.15) is 0 Å². The quantitative estimate of drug-likeness (QED) is 0.0569. The van der Waals surface area contributed by atoms with Crippen LogP contribution in [0.25, 0.3) is 0 Å². The Kier molecular flexibility index (Phi) is 34.1. The van der Waals surface area contributed by atoms with Gasteiger partial charge in [-0.2, -0.15) is 0 Å². The second kappa shape index (κ2) is 30.0. The molecule has 0 heterocycles. The minimum atomic E-state index is -1.12. The van der Waals surface area contributed by atoms with Crippen LogP contribution in [0, 0.1) is 0 Å². The van der Waals surface area contributed by atoms with Gasteiger partial charge in [-0.25, -0.2) is 0 Å². The van der Waals surface area contributed by atoms with Gasteiger partial charge in [-0.1, -0.05) is 92.9 Å². The number of hydrogen-bond donors (Lipinski definition) is 0. The Morgan fingerprint density at radius 3 is 0.641 bits per heavy atom. The molecule has 39 heavy (non-hydrogen) atoms. The van der Waals surface area contributed by atoms with Crippen molar-refractivity contribution in [3.05, 3.63) is 0 Å². The predicted octanol–water partition coefficient (Wildman–Crippen LogP) is 15.5. The first-order chi connectivity index (χ1) is 18.6. The van der Waals surface area contributed by atoms with Crippen LogP contribution in [0.1, 0.15) is 157 Å². The molecule has 0 aliphatic heterocycles. The fourth-order valence-electron chi connectivity index (χ4n) is 5.90. The molecule has 0 rings (SSSR count). The minimum absolute atomic E-state index is 0.657. The summed E-state index contributed by atoms with van der Waals surface area (Å²) in [7, 11) is -1.31. The van der Waals surface area contributed by atoms with E-state index in [4.69, 9.17) is 0 Å². The van der Waals surface area contributed by atoms with Crippen molar-refractivity contribution in [2.24, 2.45) is 0 Å².